The molecular formula is C20H13NO4S. The standard InChI is InChI=1S/C20H13NO4S/c22-18(12-26-15-10-9-13-5-1-2-6-14(13)11-15)25-21-19(23)16-7-3-4-8-17(16)20(21)24/h1-11H,12H2. The fraction of sp³-hybridized carbons (Fsp3) is 0.0500. The summed E-state index contributed by atoms with van der Waals surface area (Å²) < 4.78 is 0. The summed E-state index contributed by atoms with van der Waals surface area (Å²) in [5.74, 6) is -1.90. The number of benzene rings is 3. The molecule has 26 heavy (non-hydrogen) atoms. The second-order valence-electron chi connectivity index (χ2n) is 5.71. The van der Waals surface area contributed by atoms with Crippen LogP contribution in [0.2, 0.25) is 0 Å². The molecular weight excluding hydrogens is 350 g/mol. The number of thioether (sulfide) groups is 1. The van der Waals surface area contributed by atoms with Crippen molar-refractivity contribution in [1.82, 2.24) is 5.06 Å². The second-order valence-corrected chi connectivity index (χ2v) is 6.76. The van der Waals surface area contributed by atoms with Crippen LogP contribution in [0.15, 0.2) is 71.6 Å². The average Bonchev–Trinajstić information content (AvgIpc) is 2.91. The van der Waals surface area contributed by atoms with Gasteiger partial charge < -0.3 is 4.84 Å². The molecule has 0 saturated carbocycles. The molecule has 0 saturated heterocycles. The molecule has 1 heterocycles. The molecule has 3 aromatic rings. The molecule has 0 radical (unpaired) electrons. The molecule has 0 N–H and O–H groups in total. The van der Waals surface area contributed by atoms with E-state index in [1.165, 1.54) is 23.9 Å². The van der Waals surface area contributed by atoms with E-state index < -0.39 is 17.8 Å². The number of amides is 2. The highest BCUT2D eigenvalue weighted by Crippen LogP contribution is 2.25. The van der Waals surface area contributed by atoms with Crippen LogP contribution in [0.3, 0.4) is 0 Å². The lowest BCUT2D eigenvalue weighted by molar-refractivity contribution is -0.165. The van der Waals surface area contributed by atoms with E-state index in [1.807, 2.05) is 42.5 Å². The van der Waals surface area contributed by atoms with Gasteiger partial charge in [0.2, 0.25) is 0 Å². The van der Waals surface area contributed by atoms with Crippen LogP contribution in [-0.4, -0.2) is 28.6 Å². The van der Waals surface area contributed by atoms with Crippen LogP contribution in [0.1, 0.15) is 20.7 Å². The summed E-state index contributed by atoms with van der Waals surface area (Å²) in [7, 11) is 0. The van der Waals surface area contributed by atoms with Crippen LogP contribution in [0.4, 0.5) is 0 Å². The Morgan fingerprint density at radius 2 is 1.46 bits per heavy atom. The number of hydrogen-bond acceptors (Lipinski definition) is 5. The normalized spacial score (nSPS) is 13.2. The van der Waals surface area contributed by atoms with Crippen molar-refractivity contribution in [3.63, 3.8) is 0 Å². The quantitative estimate of drug-likeness (QED) is 0.523. The van der Waals surface area contributed by atoms with Crippen molar-refractivity contribution in [3.05, 3.63) is 77.9 Å². The highest BCUT2D eigenvalue weighted by molar-refractivity contribution is 8.00. The van der Waals surface area contributed by atoms with E-state index in [4.69, 9.17) is 4.84 Å². The van der Waals surface area contributed by atoms with Gasteiger partial charge in [-0.05, 0) is 35.0 Å². The fourth-order valence-electron chi connectivity index (χ4n) is 2.78. The van der Waals surface area contributed by atoms with Crippen LogP contribution in [0, 0.1) is 0 Å². The maximum absolute atomic E-state index is 12.2. The molecule has 0 atom stereocenters. The maximum Gasteiger partial charge on any atom is 0.343 e. The summed E-state index contributed by atoms with van der Waals surface area (Å²) in [6.07, 6.45) is 0. The predicted molar refractivity (Wildman–Crippen MR) is 97.7 cm³/mol. The van der Waals surface area contributed by atoms with Crippen LogP contribution >= 0.6 is 11.8 Å². The van der Waals surface area contributed by atoms with Gasteiger partial charge in [-0.15, -0.1) is 11.8 Å². The first-order valence-electron chi connectivity index (χ1n) is 7.94. The zero-order chi connectivity index (χ0) is 18.1. The molecule has 5 nitrogen and oxygen atoms in total. The minimum absolute atomic E-state index is 0.00819. The van der Waals surface area contributed by atoms with Gasteiger partial charge in [0, 0.05) is 4.90 Å². The minimum Gasteiger partial charge on any atom is -0.329 e. The third-order valence-corrected chi connectivity index (χ3v) is 4.99. The molecule has 1 aliphatic rings. The second kappa shape index (κ2) is 6.65. The van der Waals surface area contributed by atoms with Crippen molar-refractivity contribution in [1.29, 1.82) is 0 Å². The van der Waals surface area contributed by atoms with E-state index >= 15 is 0 Å². The summed E-state index contributed by atoms with van der Waals surface area (Å²) >= 11 is 1.29. The largest absolute Gasteiger partial charge is 0.343 e. The summed E-state index contributed by atoms with van der Waals surface area (Å²) in [6, 6.07) is 20.2. The predicted octanol–water partition coefficient (Wildman–Crippen LogP) is 3.69. The van der Waals surface area contributed by atoms with E-state index in [-0.39, 0.29) is 16.9 Å². The van der Waals surface area contributed by atoms with Gasteiger partial charge in [0.1, 0.15) is 0 Å². The Bertz CT molecular complexity index is 1010. The van der Waals surface area contributed by atoms with Gasteiger partial charge in [-0.2, -0.15) is 0 Å². The number of hydrogen-bond donors (Lipinski definition) is 0. The van der Waals surface area contributed by atoms with Gasteiger partial charge in [-0.3, -0.25) is 9.59 Å². The van der Waals surface area contributed by atoms with Gasteiger partial charge in [-0.25, -0.2) is 4.79 Å². The SMILES string of the molecule is O=C(CSc1ccc2ccccc2c1)ON1C(=O)c2ccccc2C1=O. The Labute approximate surface area is 153 Å². The monoisotopic (exact) mass is 363 g/mol. The summed E-state index contributed by atoms with van der Waals surface area (Å²) in [5, 5.41) is 2.73. The van der Waals surface area contributed by atoms with Crippen molar-refractivity contribution < 1.29 is 19.2 Å². The first-order chi connectivity index (χ1) is 12.6. The third-order valence-electron chi connectivity index (χ3n) is 4.03. The van der Waals surface area contributed by atoms with E-state index in [9.17, 15) is 14.4 Å². The maximum atomic E-state index is 12.2. The molecule has 0 unspecified atom stereocenters. The molecule has 1 aliphatic heterocycles. The molecule has 0 bridgehead atoms. The number of imide groups is 1. The molecule has 2 amide bonds. The van der Waals surface area contributed by atoms with Gasteiger partial charge in [0.15, 0.2) is 0 Å². The summed E-state index contributed by atoms with van der Waals surface area (Å²) in [5.41, 5.74) is 0.486. The van der Waals surface area contributed by atoms with Gasteiger partial charge in [0.05, 0.1) is 16.9 Å². The van der Waals surface area contributed by atoms with Crippen molar-refractivity contribution in [3.8, 4) is 0 Å². The first-order valence-corrected chi connectivity index (χ1v) is 8.92. The number of hydroxylamine groups is 2. The Hall–Kier alpha value is -3.12. The Balaban J connectivity index is 1.41. The zero-order valence-electron chi connectivity index (χ0n) is 13.5. The summed E-state index contributed by atoms with van der Waals surface area (Å²) in [4.78, 5) is 42.4. The molecule has 0 aliphatic carbocycles. The molecule has 128 valence electrons. The van der Waals surface area contributed by atoms with Gasteiger partial charge >= 0.3 is 5.97 Å². The van der Waals surface area contributed by atoms with Crippen LogP contribution in [0.5, 0.6) is 0 Å². The fourth-order valence-corrected chi connectivity index (χ4v) is 3.49. The van der Waals surface area contributed by atoms with Crippen LogP contribution < -0.4 is 0 Å². The van der Waals surface area contributed by atoms with E-state index in [0.29, 0.717) is 5.06 Å². The smallest absolute Gasteiger partial charge is 0.329 e. The lowest BCUT2D eigenvalue weighted by atomic mass is 10.1. The summed E-state index contributed by atoms with van der Waals surface area (Å²) in [6.45, 7) is 0. The van der Waals surface area contributed by atoms with Crippen molar-refractivity contribution >= 4 is 40.3 Å². The number of carbonyl (C=O) groups excluding carboxylic acids is 3. The molecule has 0 aromatic heterocycles. The minimum atomic E-state index is -0.655. The number of nitrogens with zero attached hydrogens (tertiary/aromatic N) is 1. The number of rotatable bonds is 4. The van der Waals surface area contributed by atoms with Crippen LogP contribution in [0.25, 0.3) is 10.8 Å². The van der Waals surface area contributed by atoms with Gasteiger partial charge in [0.25, 0.3) is 11.8 Å². The number of fused-ring (bicyclic) bond motifs is 2. The molecule has 4 rings (SSSR count). The van der Waals surface area contributed by atoms with E-state index in [1.54, 1.807) is 12.1 Å². The van der Waals surface area contributed by atoms with E-state index in [0.717, 1.165) is 15.7 Å². The highest BCUT2D eigenvalue weighted by Gasteiger charge is 2.38. The van der Waals surface area contributed by atoms with Crippen molar-refractivity contribution in [2.75, 3.05) is 5.75 Å². The highest BCUT2D eigenvalue weighted by atomic mass is 32.2. The van der Waals surface area contributed by atoms with Crippen molar-refractivity contribution in [2.24, 2.45) is 0 Å². The Morgan fingerprint density at radius 1 is 0.846 bits per heavy atom. The number of carbonyl (C=O) groups is 3. The topological polar surface area (TPSA) is 63.7 Å². The molecule has 0 spiro atoms. The first kappa shape index (κ1) is 16.4. The molecule has 0 fully saturated rings. The third kappa shape index (κ3) is 2.95. The van der Waals surface area contributed by atoms with Crippen LogP contribution in [-0.2, 0) is 9.63 Å². The lowest BCUT2D eigenvalue weighted by Gasteiger charge is -2.12. The Morgan fingerprint density at radius 3 is 2.15 bits per heavy atom. The van der Waals surface area contributed by atoms with Gasteiger partial charge in [-0.1, -0.05) is 47.5 Å². The van der Waals surface area contributed by atoms with E-state index in [2.05, 4.69) is 0 Å². The molecule has 6 heteroatoms. The lowest BCUT2D eigenvalue weighted by Crippen LogP contribution is -2.33. The Kier molecular flexibility index (Phi) is 4.18. The molecule has 3 aromatic carbocycles. The average molecular weight is 363 g/mol. The zero-order valence-corrected chi connectivity index (χ0v) is 14.4. The van der Waals surface area contributed by atoms with Crippen molar-refractivity contribution in [2.45, 2.75) is 4.90 Å².